The Bertz CT molecular complexity index is 2060. The van der Waals surface area contributed by atoms with Gasteiger partial charge in [0.05, 0.1) is 33.0 Å². The number of rotatable bonds is 11. The number of anilines is 2. The summed E-state index contributed by atoms with van der Waals surface area (Å²) in [7, 11) is -9.14. The Morgan fingerprint density at radius 2 is 1.55 bits per heavy atom. The van der Waals surface area contributed by atoms with E-state index in [1.807, 2.05) is 0 Å². The van der Waals surface area contributed by atoms with Gasteiger partial charge in [0.15, 0.2) is 5.82 Å². The van der Waals surface area contributed by atoms with Crippen molar-refractivity contribution in [2.75, 3.05) is 17.3 Å². The molecule has 2 aromatic carbocycles. The van der Waals surface area contributed by atoms with Crippen LogP contribution in [0.25, 0.3) is 5.69 Å². The molecule has 0 unspecified atom stereocenters. The minimum Gasteiger partial charge on any atom is -0.744 e. The van der Waals surface area contributed by atoms with Crippen LogP contribution in [0.15, 0.2) is 62.6 Å². The second kappa shape index (κ2) is 25.3. The third-order valence-electron chi connectivity index (χ3n) is 5.07. The molecule has 0 aliphatic carbocycles. The Balaban J connectivity index is 0. The number of nitriles is 1. The Morgan fingerprint density at radius 3 is 2.06 bits per heavy atom. The molecule has 0 radical (unpaired) electrons. The number of carbonyl (C=O) groups is 1. The normalized spacial score (nSPS) is 10.3. The maximum absolute atomic E-state index is 12.2. The number of nitrogens with one attached hydrogen (secondary N) is 2. The van der Waals surface area contributed by atoms with Crippen LogP contribution < -0.4 is 144 Å². The fourth-order valence-corrected chi connectivity index (χ4v) is 4.71. The van der Waals surface area contributed by atoms with E-state index in [-0.39, 0.29) is 165 Å². The first-order valence-electron chi connectivity index (χ1n) is 11.5. The van der Waals surface area contributed by atoms with E-state index in [0.29, 0.717) is 22.9 Å². The average Bonchev–Trinajstić information content (AvgIpc) is 3.45. The van der Waals surface area contributed by atoms with Crippen molar-refractivity contribution in [3.63, 3.8) is 0 Å². The largest absolute Gasteiger partial charge is 1.00 e. The molecule has 0 saturated carbocycles. The van der Waals surface area contributed by atoms with Gasteiger partial charge >= 0.3 is 124 Å². The van der Waals surface area contributed by atoms with Gasteiger partial charge in [-0.25, -0.2) is 31.2 Å². The number of azo groups is 1. The van der Waals surface area contributed by atoms with E-state index in [0.717, 1.165) is 11.1 Å². The topological polar surface area (TPSA) is 308 Å². The van der Waals surface area contributed by atoms with Gasteiger partial charge in [-0.15, -0.1) is 10.2 Å². The fraction of sp³-hybridized carbons (Fsp3) is 0.0455. The molecule has 2 amide bonds. The smallest absolute Gasteiger partial charge is 0.744 e. The predicted molar refractivity (Wildman–Crippen MR) is 150 cm³/mol. The molecular weight excluding hydrogens is 805 g/mol. The van der Waals surface area contributed by atoms with Gasteiger partial charge in [-0.1, -0.05) is 0 Å². The monoisotopic (exact) mass is 816 g/mol. The van der Waals surface area contributed by atoms with Crippen LogP contribution in [0.2, 0.25) is 0 Å². The third kappa shape index (κ3) is 15.8. The van der Waals surface area contributed by atoms with E-state index in [1.165, 1.54) is 25.2 Å². The summed E-state index contributed by atoms with van der Waals surface area (Å²) in [6, 6.07) is 11.5. The number of nitrogens with zero attached hydrogens (tertiary/aromatic N) is 6. The quantitative estimate of drug-likeness (QED) is 0.0209. The standard InChI is InChI=1S/C22H16N8O13S4.4Na/c1-24-22(31)26-18-10-15(29(6-8-44-42-40-32)7-9-45-43-41-33)2-4-17(18)27-28-21-14(12-23)13-25-30(21)19-11-16(46(34,35)36)3-5-20(19)47(37,38)39;;;;/h2-5,10-11,13,32-33H,1H3,(H2,24,26,31)(H,34,35,36)(H,37,38,39);;;;/q;4*+1/p-4. The molecule has 0 saturated heterocycles. The van der Waals surface area contributed by atoms with E-state index < -0.39 is 47.6 Å². The van der Waals surface area contributed by atoms with Crippen LogP contribution in [0.5, 0.6) is 0 Å². The van der Waals surface area contributed by atoms with Crippen molar-refractivity contribution in [2.24, 2.45) is 10.2 Å². The first-order valence-corrected chi connectivity index (χ1v) is 15.8. The number of amides is 2. The van der Waals surface area contributed by atoms with Crippen molar-refractivity contribution in [1.29, 1.82) is 5.26 Å². The van der Waals surface area contributed by atoms with Crippen molar-refractivity contribution in [2.45, 2.75) is 9.79 Å². The minimum atomic E-state index is -5.29. The summed E-state index contributed by atoms with van der Waals surface area (Å²) in [6.07, 6.45) is 0.898. The maximum Gasteiger partial charge on any atom is 1.00 e. The van der Waals surface area contributed by atoms with Gasteiger partial charge in [-0.05, 0) is 36.4 Å². The maximum atomic E-state index is 12.2. The van der Waals surface area contributed by atoms with Gasteiger partial charge in [-0.3, -0.25) is 10.1 Å². The van der Waals surface area contributed by atoms with Gasteiger partial charge in [0, 0.05) is 29.6 Å². The van der Waals surface area contributed by atoms with Crippen LogP contribution in [0, 0.1) is 33.9 Å². The molecule has 246 valence electrons. The number of aromatic nitrogens is 2. The molecule has 0 atom stereocenters. The second-order valence-electron chi connectivity index (χ2n) is 7.75. The average molecular weight is 817 g/mol. The Morgan fingerprint density at radius 1 is 0.941 bits per heavy atom. The second-order valence-corrected chi connectivity index (χ2v) is 11.5. The summed E-state index contributed by atoms with van der Waals surface area (Å²) in [5.74, 6) is -0.513. The Hall–Kier alpha value is -0.790. The molecule has 1 heterocycles. The van der Waals surface area contributed by atoms with Crippen LogP contribution in [0.3, 0.4) is 0 Å². The zero-order chi connectivity index (χ0) is 34.6. The first kappa shape index (κ1) is 52.3. The summed E-state index contributed by atoms with van der Waals surface area (Å²) in [6.45, 7) is 0. The van der Waals surface area contributed by atoms with Gasteiger partial charge < -0.3 is 30.3 Å². The van der Waals surface area contributed by atoms with Crippen LogP contribution in [0.4, 0.5) is 27.7 Å². The van der Waals surface area contributed by atoms with Gasteiger partial charge in [0.25, 0.3) is 0 Å². The van der Waals surface area contributed by atoms with Crippen molar-refractivity contribution in [3.8, 4) is 34.4 Å². The van der Waals surface area contributed by atoms with Crippen molar-refractivity contribution < 1.29 is 178 Å². The molecule has 1 aromatic heterocycles. The number of carbonyl (C=O) groups excluding carboxylic acids is 1. The SMILES string of the molecule is CNC(=O)Nc1cc(N(C#CSOO[O-])C#CSOO[O-])ccc1N=Nc1c(C#N)cnn1-c1cc(S(=O)(=O)[O-])ccc1S(=O)(=O)[O-].[Na+].[Na+].[Na+].[Na+]. The van der Waals surface area contributed by atoms with Crippen molar-refractivity contribution >= 4 is 73.2 Å². The molecule has 0 aliphatic rings. The predicted octanol–water partition coefficient (Wildman–Crippen LogP) is -11.9. The molecule has 51 heavy (non-hydrogen) atoms. The number of hydrogen-bond donors (Lipinski definition) is 2. The molecule has 0 spiro atoms. The molecule has 3 aromatic rings. The third-order valence-corrected chi connectivity index (χ3v) is 7.38. The van der Waals surface area contributed by atoms with Crippen LogP contribution >= 0.6 is 24.1 Å². The number of benzene rings is 2. The molecular formula is C22H12N8Na4O13S4. The van der Waals surface area contributed by atoms with Crippen molar-refractivity contribution in [3.05, 3.63) is 48.2 Å². The van der Waals surface area contributed by atoms with E-state index in [2.05, 4.69) is 67.3 Å². The van der Waals surface area contributed by atoms with E-state index >= 15 is 0 Å². The van der Waals surface area contributed by atoms with Gasteiger partial charge in [0.1, 0.15) is 61.6 Å². The Kier molecular flexibility index (Phi) is 26.0. The summed E-state index contributed by atoms with van der Waals surface area (Å²) in [5.41, 5.74) is -1.13. The van der Waals surface area contributed by atoms with E-state index in [4.69, 9.17) is 0 Å². The molecule has 0 aliphatic heterocycles. The molecule has 21 nitrogen and oxygen atoms in total. The van der Waals surface area contributed by atoms with Gasteiger partial charge in [0.2, 0.25) is 0 Å². The van der Waals surface area contributed by atoms with Crippen LogP contribution in [0.1, 0.15) is 5.56 Å². The minimum absolute atomic E-state index is 0. The molecule has 0 fully saturated rings. The molecule has 3 rings (SSSR count). The van der Waals surface area contributed by atoms with Crippen LogP contribution in [-0.4, -0.2) is 48.8 Å². The molecule has 0 bridgehead atoms. The first-order chi connectivity index (χ1) is 22.3. The van der Waals surface area contributed by atoms with Crippen molar-refractivity contribution in [1.82, 2.24) is 15.1 Å². The zero-order valence-corrected chi connectivity index (χ0v) is 37.9. The Labute approximate surface area is 386 Å². The summed E-state index contributed by atoms with van der Waals surface area (Å²) >= 11 is 0.564. The zero-order valence-electron chi connectivity index (χ0n) is 26.7. The van der Waals surface area contributed by atoms with E-state index in [1.54, 1.807) is 6.07 Å². The molecule has 29 heteroatoms. The summed E-state index contributed by atoms with van der Waals surface area (Å²) in [4.78, 5) is 11.3. The van der Waals surface area contributed by atoms with Crippen LogP contribution in [-0.2, 0) is 39.0 Å². The number of hydrogen-bond acceptors (Lipinski definition) is 20. The summed E-state index contributed by atoms with van der Waals surface area (Å²) in [5, 5.41) is 57.1. The number of urea groups is 1. The van der Waals surface area contributed by atoms with Gasteiger partial charge in [-0.2, -0.15) is 19.0 Å². The summed E-state index contributed by atoms with van der Waals surface area (Å²) < 4.78 is 79.4. The molecule has 2 N–H and O–H groups in total. The van der Waals surface area contributed by atoms with E-state index in [9.17, 15) is 46.5 Å². The fourth-order valence-electron chi connectivity index (χ4n) is 3.21.